The summed E-state index contributed by atoms with van der Waals surface area (Å²) in [6.07, 6.45) is 2.00. The maximum atomic E-state index is 5.71. The summed E-state index contributed by atoms with van der Waals surface area (Å²) in [5.74, 6) is 0.710. The van der Waals surface area contributed by atoms with Crippen LogP contribution in [-0.4, -0.2) is 21.7 Å². The summed E-state index contributed by atoms with van der Waals surface area (Å²) in [4.78, 5) is 0. The molecular weight excluding hydrogens is 222 g/mol. The third-order valence-corrected chi connectivity index (χ3v) is 2.97. The topological polar surface area (TPSA) is 29.9 Å². The average Bonchev–Trinajstić information content (AvgIpc) is 2.69. The fraction of sp³-hybridized carbons (Fsp3) is 0.750. The molecule has 0 aliphatic carbocycles. The first kappa shape index (κ1) is 13.5. The highest BCUT2D eigenvalue weighted by molar-refractivity contribution is 6.17. The van der Waals surface area contributed by atoms with Crippen molar-refractivity contribution in [2.45, 2.75) is 52.7 Å². The van der Waals surface area contributed by atoms with Crippen LogP contribution in [0.1, 0.15) is 38.6 Å². The Bertz CT molecular complexity index is 309. The van der Waals surface area contributed by atoms with Crippen LogP contribution in [0.25, 0.3) is 0 Å². The van der Waals surface area contributed by atoms with Gasteiger partial charge in [0.05, 0.1) is 11.4 Å². The first-order valence-corrected chi connectivity index (χ1v) is 6.59. The summed E-state index contributed by atoms with van der Waals surface area (Å²) < 4.78 is 2.07. The summed E-state index contributed by atoms with van der Waals surface area (Å²) in [7, 11) is 0. The van der Waals surface area contributed by atoms with E-state index >= 15 is 0 Å². The molecule has 16 heavy (non-hydrogen) atoms. The summed E-state index contributed by atoms with van der Waals surface area (Å²) in [5, 5.41) is 7.99. The average molecular weight is 244 g/mol. The highest BCUT2D eigenvalue weighted by Crippen LogP contribution is 2.06. The third kappa shape index (κ3) is 3.80. The second-order valence-corrected chi connectivity index (χ2v) is 4.43. The van der Waals surface area contributed by atoms with Crippen molar-refractivity contribution in [2.24, 2.45) is 0 Å². The highest BCUT2D eigenvalue weighted by atomic mass is 35.5. The minimum Gasteiger partial charge on any atom is -0.309 e. The number of hydrogen-bond donors (Lipinski definition) is 1. The molecule has 1 rings (SSSR count). The maximum Gasteiger partial charge on any atom is 0.0625 e. The quantitative estimate of drug-likeness (QED) is 0.746. The molecule has 1 heterocycles. The minimum atomic E-state index is 0.461. The highest BCUT2D eigenvalue weighted by Gasteiger charge is 2.07. The van der Waals surface area contributed by atoms with Gasteiger partial charge in [0.1, 0.15) is 0 Å². The number of nitrogens with zero attached hydrogens (tertiary/aromatic N) is 2. The Labute approximate surface area is 103 Å². The number of nitrogens with one attached hydrogen (secondary N) is 1. The smallest absolute Gasteiger partial charge is 0.0625 e. The number of aryl methyl sites for hydroxylation is 2. The molecule has 0 aromatic carbocycles. The standard InChI is InChI=1S/C12H22ClN3/c1-4-11-8-12(16(5-2)15-11)9-14-10(3)6-7-13/h8,10,14H,4-7,9H2,1-3H3. The van der Waals surface area contributed by atoms with E-state index in [-0.39, 0.29) is 0 Å². The van der Waals surface area contributed by atoms with Crippen molar-refractivity contribution in [3.63, 3.8) is 0 Å². The molecule has 0 aliphatic rings. The largest absolute Gasteiger partial charge is 0.309 e. The van der Waals surface area contributed by atoms with E-state index in [9.17, 15) is 0 Å². The molecule has 0 saturated heterocycles. The van der Waals surface area contributed by atoms with E-state index in [4.69, 9.17) is 11.6 Å². The Morgan fingerprint density at radius 2 is 2.25 bits per heavy atom. The molecule has 0 aliphatic heterocycles. The molecule has 3 nitrogen and oxygen atoms in total. The van der Waals surface area contributed by atoms with Crippen LogP contribution >= 0.6 is 11.6 Å². The Balaban J connectivity index is 2.54. The minimum absolute atomic E-state index is 0.461. The molecule has 0 saturated carbocycles. The van der Waals surface area contributed by atoms with Gasteiger partial charge in [-0.1, -0.05) is 6.92 Å². The Morgan fingerprint density at radius 3 is 2.81 bits per heavy atom. The van der Waals surface area contributed by atoms with Gasteiger partial charge in [-0.15, -0.1) is 11.6 Å². The molecule has 0 spiro atoms. The molecule has 1 N–H and O–H groups in total. The summed E-state index contributed by atoms with van der Waals surface area (Å²) in [5.41, 5.74) is 2.43. The van der Waals surface area contributed by atoms with Crippen LogP contribution in [0.2, 0.25) is 0 Å². The predicted octanol–water partition coefficient (Wildman–Crippen LogP) is 2.57. The van der Waals surface area contributed by atoms with Crippen molar-refractivity contribution in [3.05, 3.63) is 17.5 Å². The molecule has 1 atom stereocenters. The maximum absolute atomic E-state index is 5.71. The van der Waals surface area contributed by atoms with Crippen molar-refractivity contribution in [2.75, 3.05) is 5.88 Å². The van der Waals surface area contributed by atoms with Gasteiger partial charge in [-0.05, 0) is 32.8 Å². The number of halogens is 1. The van der Waals surface area contributed by atoms with E-state index in [1.54, 1.807) is 0 Å². The Hall–Kier alpha value is -0.540. The van der Waals surface area contributed by atoms with Gasteiger partial charge in [-0.25, -0.2) is 0 Å². The van der Waals surface area contributed by atoms with Crippen LogP contribution in [0.4, 0.5) is 0 Å². The zero-order chi connectivity index (χ0) is 12.0. The van der Waals surface area contributed by atoms with Gasteiger partial charge in [0.15, 0.2) is 0 Å². The lowest BCUT2D eigenvalue weighted by Gasteiger charge is -2.12. The summed E-state index contributed by atoms with van der Waals surface area (Å²) in [6, 6.07) is 2.65. The summed E-state index contributed by atoms with van der Waals surface area (Å²) >= 11 is 5.71. The monoisotopic (exact) mass is 243 g/mol. The molecule has 1 aromatic heterocycles. The van der Waals surface area contributed by atoms with Crippen LogP contribution in [0.5, 0.6) is 0 Å². The van der Waals surface area contributed by atoms with Crippen molar-refractivity contribution in [3.8, 4) is 0 Å². The second kappa shape index (κ2) is 6.92. The third-order valence-electron chi connectivity index (χ3n) is 2.75. The van der Waals surface area contributed by atoms with Gasteiger partial charge in [0, 0.05) is 25.0 Å². The van der Waals surface area contributed by atoms with Crippen LogP contribution in [-0.2, 0) is 19.5 Å². The molecule has 0 fully saturated rings. The van der Waals surface area contributed by atoms with Gasteiger partial charge in [-0.2, -0.15) is 5.10 Å². The first-order chi connectivity index (χ1) is 7.71. The van der Waals surface area contributed by atoms with Crippen molar-refractivity contribution < 1.29 is 0 Å². The van der Waals surface area contributed by atoms with Crippen LogP contribution < -0.4 is 5.32 Å². The number of alkyl halides is 1. The molecule has 4 heteroatoms. The SMILES string of the molecule is CCc1cc(CNC(C)CCCl)n(CC)n1. The van der Waals surface area contributed by atoms with Gasteiger partial charge in [-0.3, -0.25) is 4.68 Å². The van der Waals surface area contributed by atoms with E-state index in [1.165, 1.54) is 11.4 Å². The molecule has 0 amide bonds. The number of aromatic nitrogens is 2. The Kier molecular flexibility index (Phi) is 5.85. The summed E-state index contributed by atoms with van der Waals surface area (Å²) in [6.45, 7) is 8.23. The van der Waals surface area contributed by atoms with E-state index < -0.39 is 0 Å². The zero-order valence-electron chi connectivity index (χ0n) is 10.5. The molecule has 92 valence electrons. The van der Waals surface area contributed by atoms with E-state index in [0.717, 1.165) is 25.9 Å². The number of hydrogen-bond acceptors (Lipinski definition) is 2. The zero-order valence-corrected chi connectivity index (χ0v) is 11.2. The lowest BCUT2D eigenvalue weighted by atomic mass is 10.2. The second-order valence-electron chi connectivity index (χ2n) is 4.06. The van der Waals surface area contributed by atoms with E-state index in [2.05, 4.69) is 41.9 Å². The molecule has 1 unspecified atom stereocenters. The predicted molar refractivity (Wildman–Crippen MR) is 68.9 cm³/mol. The van der Waals surface area contributed by atoms with Crippen molar-refractivity contribution in [1.29, 1.82) is 0 Å². The first-order valence-electron chi connectivity index (χ1n) is 6.06. The lowest BCUT2D eigenvalue weighted by molar-refractivity contribution is 0.507. The van der Waals surface area contributed by atoms with Crippen LogP contribution in [0.3, 0.4) is 0 Å². The molecule has 0 radical (unpaired) electrons. The van der Waals surface area contributed by atoms with Crippen LogP contribution in [0, 0.1) is 0 Å². The van der Waals surface area contributed by atoms with Crippen molar-refractivity contribution >= 4 is 11.6 Å². The lowest BCUT2D eigenvalue weighted by Crippen LogP contribution is -2.27. The molecule has 0 bridgehead atoms. The number of rotatable bonds is 7. The Morgan fingerprint density at radius 1 is 1.50 bits per heavy atom. The van der Waals surface area contributed by atoms with Gasteiger partial charge < -0.3 is 5.32 Å². The molecular formula is C12H22ClN3. The van der Waals surface area contributed by atoms with E-state index in [0.29, 0.717) is 11.9 Å². The van der Waals surface area contributed by atoms with Crippen molar-refractivity contribution in [1.82, 2.24) is 15.1 Å². The van der Waals surface area contributed by atoms with Gasteiger partial charge in [0.2, 0.25) is 0 Å². The van der Waals surface area contributed by atoms with E-state index in [1.807, 2.05) is 0 Å². The van der Waals surface area contributed by atoms with Gasteiger partial charge >= 0.3 is 0 Å². The normalized spacial score (nSPS) is 13.0. The van der Waals surface area contributed by atoms with Crippen LogP contribution in [0.15, 0.2) is 6.07 Å². The fourth-order valence-corrected chi connectivity index (χ4v) is 1.98. The fourth-order valence-electron chi connectivity index (χ4n) is 1.65. The van der Waals surface area contributed by atoms with Gasteiger partial charge in [0.25, 0.3) is 0 Å². The molecule has 1 aromatic rings.